The standard InChI is InChI=1S/C19H26O4/c1-3-18(20)22-10-12-5-14-9-15(6-12)17-8-13(7-16(14)17)11-23-19(21)4-2/h3-4,12-17H,1-2,5-11H2. The fourth-order valence-corrected chi connectivity index (χ4v) is 5.32. The lowest BCUT2D eigenvalue weighted by Crippen LogP contribution is -2.24. The third kappa shape index (κ3) is 3.51. The van der Waals surface area contributed by atoms with E-state index in [-0.39, 0.29) is 11.9 Å². The Bertz CT molecular complexity index is 478. The molecule has 126 valence electrons. The molecule has 4 unspecified atom stereocenters. The highest BCUT2D eigenvalue weighted by molar-refractivity contribution is 5.81. The molecule has 0 aromatic carbocycles. The van der Waals surface area contributed by atoms with Crippen molar-refractivity contribution in [3.63, 3.8) is 0 Å². The molecule has 0 amide bonds. The number of fused-ring (bicyclic) bond motifs is 5. The molecule has 0 aliphatic heterocycles. The Balaban J connectivity index is 1.50. The summed E-state index contributed by atoms with van der Waals surface area (Å²) in [5.41, 5.74) is 0. The number of hydrogen-bond donors (Lipinski definition) is 0. The van der Waals surface area contributed by atoms with Crippen molar-refractivity contribution in [2.45, 2.75) is 32.1 Å². The van der Waals surface area contributed by atoms with Crippen molar-refractivity contribution in [2.75, 3.05) is 13.2 Å². The van der Waals surface area contributed by atoms with E-state index in [4.69, 9.17) is 9.47 Å². The molecule has 3 aliphatic rings. The van der Waals surface area contributed by atoms with Crippen LogP contribution in [-0.4, -0.2) is 25.2 Å². The Morgan fingerprint density at radius 2 is 1.22 bits per heavy atom. The minimum atomic E-state index is -0.314. The molecule has 4 heteroatoms. The smallest absolute Gasteiger partial charge is 0.330 e. The summed E-state index contributed by atoms with van der Waals surface area (Å²) < 4.78 is 10.5. The molecule has 0 radical (unpaired) electrons. The normalized spacial score (nSPS) is 37.7. The average Bonchev–Trinajstić information content (AvgIpc) is 3.09. The summed E-state index contributed by atoms with van der Waals surface area (Å²) in [6.45, 7) is 7.96. The van der Waals surface area contributed by atoms with Gasteiger partial charge in [-0.25, -0.2) is 9.59 Å². The van der Waals surface area contributed by atoms with E-state index in [0.717, 1.165) is 23.7 Å². The van der Waals surface area contributed by atoms with Crippen LogP contribution in [-0.2, 0) is 19.1 Å². The quantitative estimate of drug-likeness (QED) is 0.558. The molecule has 0 heterocycles. The minimum Gasteiger partial charge on any atom is -0.462 e. The second-order valence-corrected chi connectivity index (χ2v) is 7.43. The molecule has 4 nitrogen and oxygen atoms in total. The number of rotatable bonds is 6. The van der Waals surface area contributed by atoms with Gasteiger partial charge in [-0.2, -0.15) is 0 Å². The average molecular weight is 318 g/mol. The number of carbonyl (C=O) groups is 2. The van der Waals surface area contributed by atoms with Gasteiger partial charge in [0.2, 0.25) is 0 Å². The molecule has 3 fully saturated rings. The number of carbonyl (C=O) groups excluding carboxylic acids is 2. The van der Waals surface area contributed by atoms with Gasteiger partial charge in [0.05, 0.1) is 13.2 Å². The largest absolute Gasteiger partial charge is 0.462 e. The van der Waals surface area contributed by atoms with Gasteiger partial charge in [-0.3, -0.25) is 0 Å². The van der Waals surface area contributed by atoms with Crippen LogP contribution in [0.25, 0.3) is 0 Å². The molecule has 0 spiro atoms. The first-order chi connectivity index (χ1) is 11.1. The third-order valence-corrected chi connectivity index (χ3v) is 6.11. The number of ether oxygens (including phenoxy) is 2. The Morgan fingerprint density at radius 3 is 1.65 bits per heavy atom. The van der Waals surface area contributed by atoms with Crippen LogP contribution in [0.15, 0.2) is 25.3 Å². The molecule has 4 atom stereocenters. The van der Waals surface area contributed by atoms with E-state index in [9.17, 15) is 9.59 Å². The zero-order chi connectivity index (χ0) is 16.4. The van der Waals surface area contributed by atoms with Crippen molar-refractivity contribution >= 4 is 11.9 Å². The first-order valence-electron chi connectivity index (χ1n) is 8.69. The van der Waals surface area contributed by atoms with Gasteiger partial charge in [-0.1, -0.05) is 13.2 Å². The highest BCUT2D eigenvalue weighted by atomic mass is 16.5. The Morgan fingerprint density at radius 1 is 0.783 bits per heavy atom. The summed E-state index contributed by atoms with van der Waals surface area (Å²) in [5, 5.41) is 0. The lowest BCUT2D eigenvalue weighted by Gasteiger charge is -2.30. The minimum absolute atomic E-state index is 0.313. The van der Waals surface area contributed by atoms with E-state index in [1.54, 1.807) is 0 Å². The number of esters is 2. The first kappa shape index (κ1) is 16.3. The van der Waals surface area contributed by atoms with Gasteiger partial charge in [0, 0.05) is 12.2 Å². The summed E-state index contributed by atoms with van der Waals surface area (Å²) in [6.07, 6.45) is 8.49. The second-order valence-electron chi connectivity index (χ2n) is 7.43. The van der Waals surface area contributed by atoms with E-state index in [2.05, 4.69) is 13.2 Å². The first-order valence-corrected chi connectivity index (χ1v) is 8.69. The maximum Gasteiger partial charge on any atom is 0.330 e. The zero-order valence-corrected chi connectivity index (χ0v) is 13.6. The summed E-state index contributed by atoms with van der Waals surface area (Å²) in [4.78, 5) is 22.5. The Labute approximate surface area is 137 Å². The molecule has 23 heavy (non-hydrogen) atoms. The van der Waals surface area contributed by atoms with Crippen LogP contribution in [0.5, 0.6) is 0 Å². The molecular formula is C19H26O4. The summed E-state index contributed by atoms with van der Waals surface area (Å²) >= 11 is 0. The molecule has 0 aromatic rings. The van der Waals surface area contributed by atoms with Crippen LogP contribution < -0.4 is 0 Å². The van der Waals surface area contributed by atoms with Crippen LogP contribution in [0.1, 0.15) is 32.1 Å². The third-order valence-electron chi connectivity index (χ3n) is 6.11. The maximum absolute atomic E-state index is 11.2. The van der Waals surface area contributed by atoms with E-state index in [1.165, 1.54) is 44.3 Å². The van der Waals surface area contributed by atoms with Crippen molar-refractivity contribution < 1.29 is 19.1 Å². The summed E-state index contributed by atoms with van der Waals surface area (Å²) in [6, 6.07) is 0. The molecule has 0 saturated heterocycles. The van der Waals surface area contributed by atoms with Gasteiger partial charge in [-0.05, 0) is 67.6 Å². The van der Waals surface area contributed by atoms with Crippen LogP contribution >= 0.6 is 0 Å². The van der Waals surface area contributed by atoms with Crippen molar-refractivity contribution in [1.82, 2.24) is 0 Å². The van der Waals surface area contributed by atoms with Gasteiger partial charge in [-0.15, -0.1) is 0 Å². The van der Waals surface area contributed by atoms with Crippen molar-refractivity contribution in [1.29, 1.82) is 0 Å². The van der Waals surface area contributed by atoms with E-state index in [0.29, 0.717) is 25.0 Å². The Kier molecular flexibility index (Phi) is 4.88. The van der Waals surface area contributed by atoms with E-state index < -0.39 is 0 Å². The van der Waals surface area contributed by atoms with E-state index >= 15 is 0 Å². The fourth-order valence-electron chi connectivity index (χ4n) is 5.32. The van der Waals surface area contributed by atoms with Crippen molar-refractivity contribution in [2.24, 2.45) is 35.5 Å². The van der Waals surface area contributed by atoms with Crippen LogP contribution in [0.3, 0.4) is 0 Å². The summed E-state index contributed by atoms with van der Waals surface area (Å²) in [5.74, 6) is 3.44. The second kappa shape index (κ2) is 6.90. The molecule has 3 saturated carbocycles. The zero-order valence-electron chi connectivity index (χ0n) is 13.6. The fraction of sp³-hybridized carbons (Fsp3) is 0.684. The maximum atomic E-state index is 11.2. The van der Waals surface area contributed by atoms with E-state index in [1.807, 2.05) is 0 Å². The van der Waals surface area contributed by atoms with Crippen LogP contribution in [0.4, 0.5) is 0 Å². The van der Waals surface area contributed by atoms with Crippen LogP contribution in [0, 0.1) is 35.5 Å². The summed E-state index contributed by atoms with van der Waals surface area (Å²) in [7, 11) is 0. The lowest BCUT2D eigenvalue weighted by atomic mass is 9.78. The predicted molar refractivity (Wildman–Crippen MR) is 86.3 cm³/mol. The molecule has 3 aliphatic carbocycles. The molecular weight excluding hydrogens is 292 g/mol. The topological polar surface area (TPSA) is 52.6 Å². The molecule has 3 rings (SSSR count). The van der Waals surface area contributed by atoms with Crippen molar-refractivity contribution in [3.05, 3.63) is 25.3 Å². The van der Waals surface area contributed by atoms with Gasteiger partial charge < -0.3 is 9.47 Å². The van der Waals surface area contributed by atoms with Crippen molar-refractivity contribution in [3.8, 4) is 0 Å². The SMILES string of the molecule is C=CC(=O)OCC1CC2CC(C1)C1CC(COC(=O)C=C)CC21. The predicted octanol–water partition coefficient (Wildman–Crippen LogP) is 3.13. The lowest BCUT2D eigenvalue weighted by molar-refractivity contribution is -0.140. The monoisotopic (exact) mass is 318 g/mol. The van der Waals surface area contributed by atoms with Gasteiger partial charge in [0.15, 0.2) is 0 Å². The van der Waals surface area contributed by atoms with Gasteiger partial charge in [0.1, 0.15) is 0 Å². The van der Waals surface area contributed by atoms with Gasteiger partial charge >= 0.3 is 11.9 Å². The molecule has 0 aromatic heterocycles. The highest BCUT2D eigenvalue weighted by Crippen LogP contribution is 2.59. The molecule has 2 bridgehead atoms. The Hall–Kier alpha value is -1.58. The number of hydrogen-bond acceptors (Lipinski definition) is 4. The molecule has 0 N–H and O–H groups in total. The van der Waals surface area contributed by atoms with Gasteiger partial charge in [0.25, 0.3) is 0 Å². The van der Waals surface area contributed by atoms with Crippen LogP contribution in [0.2, 0.25) is 0 Å². The highest BCUT2D eigenvalue weighted by Gasteiger charge is 2.52.